The highest BCUT2D eigenvalue weighted by Gasteiger charge is 2.43. The van der Waals surface area contributed by atoms with Crippen LogP contribution in [-0.4, -0.2) is 91.7 Å². The maximum atomic E-state index is 14.0. The summed E-state index contributed by atoms with van der Waals surface area (Å²) in [5.74, 6) is 0.831. The number of H-pyrrole nitrogens is 2. The normalized spacial score (nSPS) is 17.0. The average Bonchev–Trinajstić information content (AvgIpc) is 4.08. The fourth-order valence-electron chi connectivity index (χ4n) is 8.60. The molecule has 16 heteroatoms. The number of alkyl carbamates (subject to hydrolysis) is 2. The van der Waals surface area contributed by atoms with Gasteiger partial charge in [0.1, 0.15) is 23.7 Å². The molecule has 0 fully saturated rings. The second-order valence-electron chi connectivity index (χ2n) is 16.2. The van der Waals surface area contributed by atoms with Gasteiger partial charge in [0.05, 0.1) is 78.7 Å². The van der Waals surface area contributed by atoms with Crippen molar-refractivity contribution >= 4 is 40.7 Å². The lowest BCUT2D eigenvalue weighted by Gasteiger charge is -2.33. The van der Waals surface area contributed by atoms with Gasteiger partial charge >= 0.3 is 12.2 Å². The lowest BCUT2D eigenvalue weighted by molar-refractivity contribution is -0.137. The Morgan fingerprint density at radius 2 is 1.57 bits per heavy atom. The number of ether oxygens (including phenoxy) is 2. The molecule has 4 amide bonds. The zero-order chi connectivity index (χ0) is 44.4. The predicted molar refractivity (Wildman–Crippen MR) is 237 cm³/mol. The third-order valence-electron chi connectivity index (χ3n) is 12.3. The van der Waals surface area contributed by atoms with Crippen LogP contribution < -0.4 is 15.5 Å². The van der Waals surface area contributed by atoms with Crippen molar-refractivity contribution in [2.75, 3.05) is 25.7 Å². The number of carbonyl (C=O) groups is 4. The number of anilines is 1. The van der Waals surface area contributed by atoms with E-state index in [1.807, 2.05) is 88.4 Å². The Morgan fingerprint density at radius 3 is 2.32 bits per heavy atom. The minimum absolute atomic E-state index is 0.0929. The van der Waals surface area contributed by atoms with E-state index in [-0.39, 0.29) is 29.8 Å². The first-order chi connectivity index (χ1) is 30.5. The second-order valence-corrected chi connectivity index (χ2v) is 16.2. The maximum Gasteiger partial charge on any atom is 0.407 e. The number of nitrogens with zero attached hydrogens (tertiary/aromatic N) is 6. The van der Waals surface area contributed by atoms with Crippen molar-refractivity contribution in [3.8, 4) is 33.8 Å². The Kier molecular flexibility index (Phi) is 12.2. The topological polar surface area (TPSA) is 200 Å². The zero-order valence-corrected chi connectivity index (χ0v) is 36.3. The summed E-state index contributed by atoms with van der Waals surface area (Å²) in [4.78, 5) is 81.7. The number of rotatable bonds is 13. The lowest BCUT2D eigenvalue weighted by Crippen LogP contribution is -2.52. The number of aryl methyl sites for hydroxylation is 1. The van der Waals surface area contributed by atoms with Crippen molar-refractivity contribution in [1.82, 2.24) is 45.4 Å². The maximum absolute atomic E-state index is 14.0. The van der Waals surface area contributed by atoms with E-state index in [1.165, 1.54) is 14.2 Å². The van der Waals surface area contributed by atoms with E-state index in [0.29, 0.717) is 49.4 Å². The summed E-state index contributed by atoms with van der Waals surface area (Å²) in [7, 11) is 2.58. The number of aromatic amines is 2. The quantitative estimate of drug-likeness (QED) is 0.0905. The number of fused-ring (bicyclic) bond motifs is 1. The van der Waals surface area contributed by atoms with Gasteiger partial charge in [0.2, 0.25) is 11.8 Å². The number of hydrogen-bond donors (Lipinski definition) is 4. The van der Waals surface area contributed by atoms with Crippen LogP contribution in [0, 0.1) is 5.92 Å². The van der Waals surface area contributed by atoms with E-state index < -0.39 is 24.3 Å². The summed E-state index contributed by atoms with van der Waals surface area (Å²) in [6.45, 7) is 8.37. The first-order valence-electron chi connectivity index (χ1n) is 21.4. The van der Waals surface area contributed by atoms with Crippen molar-refractivity contribution < 1.29 is 28.7 Å². The fraction of sp³-hybridized carbons (Fsp3) is 0.362. The molecule has 0 saturated carbocycles. The van der Waals surface area contributed by atoms with Gasteiger partial charge in [0.15, 0.2) is 0 Å². The van der Waals surface area contributed by atoms with Crippen molar-refractivity contribution in [1.29, 1.82) is 0 Å². The van der Waals surface area contributed by atoms with Gasteiger partial charge in [-0.15, -0.1) is 0 Å². The van der Waals surface area contributed by atoms with Gasteiger partial charge in [-0.2, -0.15) is 0 Å². The number of nitrogens with one attached hydrogen (secondary N) is 4. The molecule has 4 N–H and O–H groups in total. The summed E-state index contributed by atoms with van der Waals surface area (Å²) in [5, 5.41) is 5.47. The van der Waals surface area contributed by atoms with Crippen molar-refractivity contribution in [2.45, 2.75) is 84.0 Å². The Morgan fingerprint density at radius 1 is 0.857 bits per heavy atom. The molecule has 0 aliphatic carbocycles. The van der Waals surface area contributed by atoms with Crippen LogP contribution in [-0.2, 0) is 31.9 Å². The highest BCUT2D eigenvalue weighted by molar-refractivity contribution is 6.02. The van der Waals surface area contributed by atoms with E-state index in [4.69, 9.17) is 24.4 Å². The Hall–Kier alpha value is -7.10. The molecule has 0 unspecified atom stereocenters. The summed E-state index contributed by atoms with van der Waals surface area (Å²) < 4.78 is 9.63. The predicted octanol–water partition coefficient (Wildman–Crippen LogP) is 7.45. The van der Waals surface area contributed by atoms with E-state index in [0.717, 1.165) is 62.5 Å². The molecule has 3 aromatic carbocycles. The van der Waals surface area contributed by atoms with Gasteiger partial charge in [-0.3, -0.25) is 19.5 Å². The molecule has 326 valence electrons. The number of amides is 4. The van der Waals surface area contributed by atoms with Gasteiger partial charge in [-0.1, -0.05) is 75.7 Å². The van der Waals surface area contributed by atoms with E-state index >= 15 is 0 Å². The molecule has 5 heterocycles. The number of aromatic nitrogens is 6. The molecule has 2 aliphatic heterocycles. The van der Waals surface area contributed by atoms with Crippen LogP contribution in [0.3, 0.4) is 0 Å². The number of carbonyl (C=O) groups excluding carboxylic acids is 4. The molecule has 0 bridgehead atoms. The molecule has 6 aromatic rings. The molecular formula is C47H52N10O6. The monoisotopic (exact) mass is 852 g/mol. The number of hydrogen-bond acceptors (Lipinski definition) is 10. The molecule has 63 heavy (non-hydrogen) atoms. The number of methoxy groups -OCH3 is 2. The van der Waals surface area contributed by atoms with Crippen molar-refractivity contribution in [3.63, 3.8) is 0 Å². The minimum Gasteiger partial charge on any atom is -0.453 e. The summed E-state index contributed by atoms with van der Waals surface area (Å²) in [5.41, 5.74) is 9.48. The van der Waals surface area contributed by atoms with Crippen LogP contribution in [0.15, 0.2) is 79.3 Å². The SMILES string of the molecule is CCCN(C(=O)[C@@H](NC(=O)OC)[C@@H](C)CC)[C@@H](C)c1ncc(-c2ccc(-c3cnc4cc(-c5cnc([C@@H]6Cc7cccc8c7N6C(=O)[C@@H](NC(=O)OC)CC8)[nH]5)ccc4n3)cc2)[nH]1. The van der Waals surface area contributed by atoms with Crippen LogP contribution in [0.5, 0.6) is 0 Å². The molecule has 8 rings (SSSR count). The third kappa shape index (κ3) is 8.44. The van der Waals surface area contributed by atoms with Crippen LogP contribution in [0.25, 0.3) is 44.8 Å². The summed E-state index contributed by atoms with van der Waals surface area (Å²) >= 11 is 0. The number of benzene rings is 3. The highest BCUT2D eigenvalue weighted by atomic mass is 16.5. The first kappa shape index (κ1) is 42.6. The van der Waals surface area contributed by atoms with Gasteiger partial charge < -0.3 is 35.0 Å². The third-order valence-corrected chi connectivity index (χ3v) is 12.3. The fourth-order valence-corrected chi connectivity index (χ4v) is 8.60. The molecule has 0 spiro atoms. The molecule has 16 nitrogen and oxygen atoms in total. The van der Waals surface area contributed by atoms with Crippen LogP contribution >= 0.6 is 0 Å². The van der Waals surface area contributed by atoms with E-state index in [2.05, 4.69) is 25.6 Å². The van der Waals surface area contributed by atoms with E-state index in [1.54, 1.807) is 28.4 Å². The Bertz CT molecular complexity index is 2660. The molecule has 3 aromatic heterocycles. The Balaban J connectivity index is 0.969. The molecule has 2 aliphatic rings. The summed E-state index contributed by atoms with van der Waals surface area (Å²) in [6, 6.07) is 17.8. The van der Waals surface area contributed by atoms with E-state index in [9.17, 15) is 19.2 Å². The van der Waals surface area contributed by atoms with Crippen molar-refractivity contribution in [3.05, 3.63) is 102 Å². The van der Waals surface area contributed by atoms with Crippen LogP contribution in [0.1, 0.15) is 81.8 Å². The van der Waals surface area contributed by atoms with Gasteiger partial charge in [-0.25, -0.2) is 24.5 Å². The van der Waals surface area contributed by atoms with Crippen LogP contribution in [0.4, 0.5) is 15.3 Å². The van der Waals surface area contributed by atoms with Crippen LogP contribution in [0.2, 0.25) is 0 Å². The molecule has 5 atom stereocenters. The molecular weight excluding hydrogens is 801 g/mol. The Labute approximate surface area is 365 Å². The largest absolute Gasteiger partial charge is 0.453 e. The highest BCUT2D eigenvalue weighted by Crippen LogP contribution is 2.44. The number of imidazole rings is 2. The van der Waals surface area contributed by atoms with Gasteiger partial charge in [-0.05, 0) is 60.9 Å². The summed E-state index contributed by atoms with van der Waals surface area (Å²) in [6.07, 6.45) is 7.18. The smallest absolute Gasteiger partial charge is 0.407 e. The molecule has 0 radical (unpaired) electrons. The first-order valence-corrected chi connectivity index (χ1v) is 21.4. The zero-order valence-electron chi connectivity index (χ0n) is 36.3. The standard InChI is InChI=1S/C47H52N10O6/c1-7-20-56(45(59)40(26(3)8-2)55-47(61)63-6)27(4)42-49-24-37(52-42)29-14-12-28(13-15-29)36-23-48-35-21-31(17-18-33(35)51-36)38-25-50-43(53-38)39-22-32-11-9-10-30-16-19-34(54-46(60)62-5)44(58)57(39)41(30)32/h9-15,17-18,21,23-27,34,39-40H,7-8,16,19-20,22H2,1-6H3,(H,49,52)(H,50,53)(H,54,60)(H,55,61)/t26-,27-,34-,39-,40-/m0/s1. The minimum atomic E-state index is -0.725. The lowest BCUT2D eigenvalue weighted by atomic mass is 9.97. The molecule has 0 saturated heterocycles. The number of para-hydroxylation sites is 1. The van der Waals surface area contributed by atoms with Gasteiger partial charge in [0, 0.05) is 24.1 Å². The second kappa shape index (κ2) is 18.1. The van der Waals surface area contributed by atoms with Gasteiger partial charge in [0.25, 0.3) is 0 Å². The van der Waals surface area contributed by atoms with Crippen molar-refractivity contribution in [2.24, 2.45) is 5.92 Å². The average molecular weight is 853 g/mol.